The zero-order chi connectivity index (χ0) is 13.5. The minimum absolute atomic E-state index is 0.0922. The van der Waals surface area contributed by atoms with E-state index in [2.05, 4.69) is 13.8 Å². The average molecular weight is 260 g/mol. The van der Waals surface area contributed by atoms with Gasteiger partial charge in [-0.15, -0.1) is 0 Å². The highest BCUT2D eigenvalue weighted by Crippen LogP contribution is 2.12. The Kier molecular flexibility index (Phi) is 14.8. The molecule has 0 fully saturated rings. The lowest BCUT2D eigenvalue weighted by Crippen LogP contribution is -2.16. The maximum atomic E-state index is 8.56. The van der Waals surface area contributed by atoms with Gasteiger partial charge in [0.25, 0.3) is 0 Å². The summed E-state index contributed by atoms with van der Waals surface area (Å²) in [5.41, 5.74) is 0. The smallest absolute Gasteiger partial charge is 0.0704 e. The Morgan fingerprint density at radius 2 is 1.61 bits per heavy atom. The monoisotopic (exact) mass is 260 g/mol. The van der Waals surface area contributed by atoms with E-state index >= 15 is 0 Å². The molecule has 1 unspecified atom stereocenters. The molecule has 0 aliphatic carbocycles. The Hall–Kier alpha value is -0.120. The van der Waals surface area contributed by atoms with Gasteiger partial charge in [0.1, 0.15) is 0 Å². The quantitative estimate of drug-likeness (QED) is 0.485. The second-order valence-corrected chi connectivity index (χ2v) is 4.79. The van der Waals surface area contributed by atoms with E-state index in [1.54, 1.807) is 0 Å². The van der Waals surface area contributed by atoms with E-state index in [-0.39, 0.29) is 6.61 Å². The van der Waals surface area contributed by atoms with Gasteiger partial charge in [-0.3, -0.25) is 0 Å². The number of ether oxygens (including phenoxy) is 2. The molecule has 110 valence electrons. The van der Waals surface area contributed by atoms with Crippen molar-refractivity contribution in [2.24, 2.45) is 0 Å². The molecule has 18 heavy (non-hydrogen) atoms. The second-order valence-electron chi connectivity index (χ2n) is 4.79. The molecule has 3 nitrogen and oxygen atoms in total. The molecule has 3 heteroatoms. The Balaban J connectivity index is 3.29. The topological polar surface area (TPSA) is 38.7 Å². The normalized spacial score (nSPS) is 12.8. The van der Waals surface area contributed by atoms with Crippen LogP contribution in [0.4, 0.5) is 0 Å². The first-order valence-electron chi connectivity index (χ1n) is 7.65. The van der Waals surface area contributed by atoms with Crippen molar-refractivity contribution >= 4 is 0 Å². The molecule has 0 saturated heterocycles. The fraction of sp³-hybridized carbons (Fsp3) is 1.00. The van der Waals surface area contributed by atoms with Crippen LogP contribution in [0.5, 0.6) is 0 Å². The molecule has 0 heterocycles. The molecular weight excluding hydrogens is 228 g/mol. The fourth-order valence-corrected chi connectivity index (χ4v) is 2.00. The van der Waals surface area contributed by atoms with E-state index in [1.807, 2.05) is 0 Å². The number of rotatable bonds is 14. The number of hydrogen-bond donors (Lipinski definition) is 1. The SMILES string of the molecule is CCCCCCCCC(CC)OCCOCCO. The van der Waals surface area contributed by atoms with Gasteiger partial charge in [-0.05, 0) is 12.8 Å². The van der Waals surface area contributed by atoms with Crippen LogP contribution in [0, 0.1) is 0 Å². The highest BCUT2D eigenvalue weighted by molar-refractivity contribution is 4.56. The van der Waals surface area contributed by atoms with E-state index in [0.717, 1.165) is 6.42 Å². The molecule has 0 aromatic carbocycles. The molecule has 0 spiro atoms. The van der Waals surface area contributed by atoms with Crippen molar-refractivity contribution in [3.8, 4) is 0 Å². The maximum absolute atomic E-state index is 8.56. The average Bonchev–Trinajstić information content (AvgIpc) is 2.40. The minimum Gasteiger partial charge on any atom is -0.394 e. The van der Waals surface area contributed by atoms with Crippen LogP contribution in [0.2, 0.25) is 0 Å². The maximum Gasteiger partial charge on any atom is 0.0704 e. The van der Waals surface area contributed by atoms with Crippen LogP contribution in [0.25, 0.3) is 0 Å². The van der Waals surface area contributed by atoms with Crippen molar-refractivity contribution in [3.63, 3.8) is 0 Å². The second kappa shape index (κ2) is 14.9. The molecule has 1 N–H and O–H groups in total. The number of hydrogen-bond acceptors (Lipinski definition) is 3. The predicted octanol–water partition coefficient (Wildman–Crippen LogP) is 3.54. The van der Waals surface area contributed by atoms with Gasteiger partial charge in [-0.1, -0.05) is 52.4 Å². The minimum atomic E-state index is 0.0922. The van der Waals surface area contributed by atoms with Gasteiger partial charge in [0, 0.05) is 0 Å². The first kappa shape index (κ1) is 17.9. The summed E-state index contributed by atoms with van der Waals surface area (Å²) in [6.45, 7) is 6.17. The standard InChI is InChI=1S/C15H32O3/c1-3-5-6-7-8-9-10-15(4-2)18-14-13-17-12-11-16/h15-16H,3-14H2,1-2H3. The van der Waals surface area contributed by atoms with E-state index in [0.29, 0.717) is 25.9 Å². The summed E-state index contributed by atoms with van der Waals surface area (Å²) < 4.78 is 10.9. The molecule has 0 saturated carbocycles. The molecule has 0 amide bonds. The first-order chi connectivity index (χ1) is 8.85. The third-order valence-electron chi connectivity index (χ3n) is 3.15. The van der Waals surface area contributed by atoms with Crippen LogP contribution < -0.4 is 0 Å². The molecule has 0 rings (SSSR count). The third-order valence-corrected chi connectivity index (χ3v) is 3.15. The summed E-state index contributed by atoms with van der Waals surface area (Å²) in [6.07, 6.45) is 10.7. The lowest BCUT2D eigenvalue weighted by molar-refractivity contribution is -0.00742. The molecule has 1 atom stereocenters. The van der Waals surface area contributed by atoms with E-state index in [1.165, 1.54) is 44.9 Å². The van der Waals surface area contributed by atoms with Gasteiger partial charge in [0.05, 0.1) is 32.5 Å². The highest BCUT2D eigenvalue weighted by Gasteiger charge is 2.05. The zero-order valence-corrected chi connectivity index (χ0v) is 12.3. The van der Waals surface area contributed by atoms with Gasteiger partial charge in [-0.25, -0.2) is 0 Å². The van der Waals surface area contributed by atoms with E-state index in [4.69, 9.17) is 14.6 Å². The lowest BCUT2D eigenvalue weighted by Gasteiger charge is -2.16. The van der Waals surface area contributed by atoms with Crippen LogP contribution in [-0.4, -0.2) is 37.6 Å². The molecular formula is C15H32O3. The van der Waals surface area contributed by atoms with Crippen molar-refractivity contribution in [3.05, 3.63) is 0 Å². The summed E-state index contributed by atoms with van der Waals surface area (Å²) in [4.78, 5) is 0. The number of aliphatic hydroxyl groups is 1. The summed E-state index contributed by atoms with van der Waals surface area (Å²) in [5.74, 6) is 0. The summed E-state index contributed by atoms with van der Waals surface area (Å²) in [7, 11) is 0. The van der Waals surface area contributed by atoms with Gasteiger partial charge in [0.15, 0.2) is 0 Å². The molecule has 0 aliphatic rings. The van der Waals surface area contributed by atoms with E-state index in [9.17, 15) is 0 Å². The number of unbranched alkanes of at least 4 members (excludes halogenated alkanes) is 5. The van der Waals surface area contributed by atoms with Gasteiger partial charge in [-0.2, -0.15) is 0 Å². The molecule has 0 aromatic heterocycles. The van der Waals surface area contributed by atoms with Crippen LogP contribution in [0.15, 0.2) is 0 Å². The van der Waals surface area contributed by atoms with Gasteiger partial charge in [0.2, 0.25) is 0 Å². The summed E-state index contributed by atoms with van der Waals surface area (Å²) >= 11 is 0. The largest absolute Gasteiger partial charge is 0.394 e. The highest BCUT2D eigenvalue weighted by atomic mass is 16.5. The third kappa shape index (κ3) is 12.3. The van der Waals surface area contributed by atoms with Gasteiger partial charge >= 0.3 is 0 Å². The van der Waals surface area contributed by atoms with E-state index < -0.39 is 0 Å². The fourth-order valence-electron chi connectivity index (χ4n) is 2.00. The Bertz CT molecular complexity index is 151. The Labute approximate surface area is 113 Å². The lowest BCUT2D eigenvalue weighted by atomic mass is 10.1. The predicted molar refractivity (Wildman–Crippen MR) is 75.9 cm³/mol. The van der Waals surface area contributed by atoms with Crippen LogP contribution >= 0.6 is 0 Å². The molecule has 0 radical (unpaired) electrons. The van der Waals surface area contributed by atoms with Crippen molar-refractivity contribution in [1.29, 1.82) is 0 Å². The van der Waals surface area contributed by atoms with Crippen LogP contribution in [-0.2, 0) is 9.47 Å². The first-order valence-corrected chi connectivity index (χ1v) is 7.65. The number of aliphatic hydroxyl groups excluding tert-OH is 1. The van der Waals surface area contributed by atoms with Crippen LogP contribution in [0.3, 0.4) is 0 Å². The Morgan fingerprint density at radius 3 is 2.28 bits per heavy atom. The Morgan fingerprint density at radius 1 is 0.889 bits per heavy atom. The summed E-state index contributed by atoms with van der Waals surface area (Å²) in [6, 6.07) is 0. The van der Waals surface area contributed by atoms with Crippen molar-refractivity contribution < 1.29 is 14.6 Å². The van der Waals surface area contributed by atoms with Crippen molar-refractivity contribution in [2.45, 2.75) is 71.3 Å². The van der Waals surface area contributed by atoms with Crippen LogP contribution in [0.1, 0.15) is 65.2 Å². The molecule has 0 aliphatic heterocycles. The zero-order valence-electron chi connectivity index (χ0n) is 12.3. The van der Waals surface area contributed by atoms with Crippen molar-refractivity contribution in [2.75, 3.05) is 26.4 Å². The van der Waals surface area contributed by atoms with Gasteiger partial charge < -0.3 is 14.6 Å². The summed E-state index contributed by atoms with van der Waals surface area (Å²) in [5, 5.41) is 8.56. The molecule has 0 bridgehead atoms. The molecule has 0 aromatic rings. The van der Waals surface area contributed by atoms with Crippen molar-refractivity contribution in [1.82, 2.24) is 0 Å².